The maximum atomic E-state index is 13.0. The van der Waals surface area contributed by atoms with Gasteiger partial charge in [0, 0.05) is 40.2 Å². The van der Waals surface area contributed by atoms with Crippen molar-refractivity contribution >= 4 is 29.0 Å². The van der Waals surface area contributed by atoms with Crippen molar-refractivity contribution in [1.82, 2.24) is 20.1 Å². The van der Waals surface area contributed by atoms with Crippen molar-refractivity contribution in [2.24, 2.45) is 0 Å². The van der Waals surface area contributed by atoms with Gasteiger partial charge in [-0.25, -0.2) is 4.98 Å². The van der Waals surface area contributed by atoms with Crippen molar-refractivity contribution in [2.75, 3.05) is 0 Å². The molecule has 0 saturated carbocycles. The number of benzene rings is 2. The van der Waals surface area contributed by atoms with Crippen molar-refractivity contribution in [3.8, 4) is 0 Å². The Morgan fingerprint density at radius 3 is 2.56 bits per heavy atom. The summed E-state index contributed by atoms with van der Waals surface area (Å²) in [5.41, 5.74) is 7.05. The minimum atomic E-state index is -0.0638. The third-order valence-corrected chi connectivity index (χ3v) is 7.53. The highest BCUT2D eigenvalue weighted by atomic mass is 32.2. The number of aromatic nitrogens is 3. The van der Waals surface area contributed by atoms with Crippen molar-refractivity contribution in [1.29, 1.82) is 0 Å². The van der Waals surface area contributed by atoms with E-state index in [0.29, 0.717) is 17.9 Å². The topological polar surface area (TPSA) is 59.8 Å². The SMILES string of the molecule is Cc1csc(SCc2ccccc2C(=O)NCc2c(C)nn(Cc3ccccc3)c2C)n1. The van der Waals surface area contributed by atoms with E-state index in [9.17, 15) is 4.79 Å². The van der Waals surface area contributed by atoms with E-state index in [-0.39, 0.29) is 5.91 Å². The third kappa shape index (κ3) is 5.29. The van der Waals surface area contributed by atoms with Crippen molar-refractivity contribution in [3.63, 3.8) is 0 Å². The highest BCUT2D eigenvalue weighted by Crippen LogP contribution is 2.27. The van der Waals surface area contributed by atoms with E-state index in [1.807, 2.05) is 66.4 Å². The smallest absolute Gasteiger partial charge is 0.251 e. The van der Waals surface area contributed by atoms with Gasteiger partial charge >= 0.3 is 0 Å². The first kappa shape index (κ1) is 22.3. The maximum Gasteiger partial charge on any atom is 0.251 e. The lowest BCUT2D eigenvalue weighted by Crippen LogP contribution is -2.24. The summed E-state index contributed by atoms with van der Waals surface area (Å²) in [6, 6.07) is 18.1. The van der Waals surface area contributed by atoms with Gasteiger partial charge in [0.1, 0.15) is 4.34 Å². The van der Waals surface area contributed by atoms with Crippen molar-refractivity contribution < 1.29 is 4.79 Å². The van der Waals surface area contributed by atoms with E-state index in [4.69, 9.17) is 5.10 Å². The van der Waals surface area contributed by atoms with Crippen LogP contribution in [0.15, 0.2) is 64.3 Å². The first-order valence-electron chi connectivity index (χ1n) is 10.5. The standard InChI is InChI=1S/C25H26N4OS2/c1-17-15-31-25(27-17)32-16-21-11-7-8-12-22(21)24(30)26-13-23-18(2)28-29(19(23)3)14-20-9-5-4-6-10-20/h4-12,15H,13-14,16H2,1-3H3,(H,26,30). The Balaban J connectivity index is 1.43. The van der Waals surface area contributed by atoms with E-state index in [1.165, 1.54) is 5.56 Å². The Bertz CT molecular complexity index is 1210. The predicted molar refractivity (Wildman–Crippen MR) is 131 cm³/mol. The molecule has 0 bridgehead atoms. The number of aryl methyl sites for hydroxylation is 2. The number of nitrogens with one attached hydrogen (secondary N) is 1. The quantitative estimate of drug-likeness (QED) is 0.350. The Morgan fingerprint density at radius 1 is 1.06 bits per heavy atom. The van der Waals surface area contributed by atoms with E-state index in [0.717, 1.165) is 39.1 Å². The second kappa shape index (κ2) is 10.1. The van der Waals surface area contributed by atoms with Gasteiger partial charge in [0.15, 0.2) is 0 Å². The van der Waals surface area contributed by atoms with Crippen molar-refractivity contribution in [3.05, 3.63) is 99.3 Å². The fraction of sp³-hybridized carbons (Fsp3) is 0.240. The van der Waals surface area contributed by atoms with Gasteiger partial charge in [0.2, 0.25) is 0 Å². The molecule has 1 N–H and O–H groups in total. The highest BCUT2D eigenvalue weighted by Gasteiger charge is 2.16. The monoisotopic (exact) mass is 462 g/mol. The zero-order valence-corrected chi connectivity index (χ0v) is 20.1. The minimum Gasteiger partial charge on any atom is -0.348 e. The number of thioether (sulfide) groups is 1. The molecular weight excluding hydrogens is 436 g/mol. The van der Waals surface area contributed by atoms with Gasteiger partial charge in [-0.1, -0.05) is 60.3 Å². The van der Waals surface area contributed by atoms with Crippen LogP contribution in [0.5, 0.6) is 0 Å². The number of carbonyl (C=O) groups is 1. The maximum absolute atomic E-state index is 13.0. The molecule has 0 aliphatic carbocycles. The summed E-state index contributed by atoms with van der Waals surface area (Å²) in [4.78, 5) is 17.5. The summed E-state index contributed by atoms with van der Waals surface area (Å²) >= 11 is 3.30. The summed E-state index contributed by atoms with van der Waals surface area (Å²) in [7, 11) is 0. The minimum absolute atomic E-state index is 0.0638. The lowest BCUT2D eigenvalue weighted by molar-refractivity contribution is 0.0950. The molecule has 2 heterocycles. The van der Waals surface area contributed by atoms with E-state index in [1.54, 1.807) is 23.1 Å². The van der Waals surface area contributed by atoms with Crippen LogP contribution in [0.3, 0.4) is 0 Å². The van der Waals surface area contributed by atoms with Gasteiger partial charge in [0.05, 0.1) is 12.2 Å². The normalized spacial score (nSPS) is 11.0. The summed E-state index contributed by atoms with van der Waals surface area (Å²) < 4.78 is 3.03. The Hall–Kier alpha value is -2.90. The van der Waals surface area contributed by atoms with Crippen LogP contribution in [0, 0.1) is 20.8 Å². The first-order valence-corrected chi connectivity index (χ1v) is 12.4. The lowest BCUT2D eigenvalue weighted by atomic mass is 10.1. The molecule has 5 nitrogen and oxygen atoms in total. The molecule has 2 aromatic heterocycles. The fourth-order valence-corrected chi connectivity index (χ4v) is 5.42. The Morgan fingerprint density at radius 2 is 1.81 bits per heavy atom. The van der Waals surface area contributed by atoms with Gasteiger partial charge in [-0.15, -0.1) is 11.3 Å². The van der Waals surface area contributed by atoms with Crippen molar-refractivity contribution in [2.45, 2.75) is 44.0 Å². The average Bonchev–Trinajstić information content (AvgIpc) is 3.33. The second-order valence-corrected chi connectivity index (χ2v) is 9.76. The predicted octanol–water partition coefficient (Wildman–Crippen LogP) is 5.54. The zero-order chi connectivity index (χ0) is 22.5. The summed E-state index contributed by atoms with van der Waals surface area (Å²) in [6.07, 6.45) is 0. The molecule has 0 saturated heterocycles. The van der Waals surface area contributed by atoms with E-state index >= 15 is 0 Å². The molecule has 0 unspecified atom stereocenters. The van der Waals surface area contributed by atoms with Gasteiger partial charge in [0.25, 0.3) is 5.91 Å². The van der Waals surface area contributed by atoms with E-state index < -0.39 is 0 Å². The average molecular weight is 463 g/mol. The summed E-state index contributed by atoms with van der Waals surface area (Å²) in [5.74, 6) is 0.648. The largest absolute Gasteiger partial charge is 0.348 e. The van der Waals surface area contributed by atoms with Gasteiger partial charge in [-0.05, 0) is 38.0 Å². The van der Waals surface area contributed by atoms with E-state index in [2.05, 4.69) is 29.4 Å². The third-order valence-electron chi connectivity index (χ3n) is 5.34. The molecular formula is C25H26N4OS2. The molecule has 2 aromatic carbocycles. The van der Waals surface area contributed by atoms with Crippen LogP contribution < -0.4 is 5.32 Å². The number of hydrogen-bond acceptors (Lipinski definition) is 5. The summed E-state index contributed by atoms with van der Waals surface area (Å²) in [5, 5.41) is 9.84. The molecule has 0 spiro atoms. The van der Waals surface area contributed by atoms with Crippen LogP contribution >= 0.6 is 23.1 Å². The molecule has 7 heteroatoms. The van der Waals surface area contributed by atoms with Crippen LogP contribution in [-0.2, 0) is 18.8 Å². The molecule has 0 radical (unpaired) electrons. The first-order chi connectivity index (χ1) is 15.5. The molecule has 4 aromatic rings. The lowest BCUT2D eigenvalue weighted by Gasteiger charge is -2.10. The molecule has 1 amide bonds. The van der Waals surface area contributed by atoms with Crippen LogP contribution in [0.1, 0.15) is 44.1 Å². The molecule has 32 heavy (non-hydrogen) atoms. The Labute approximate surface area is 196 Å². The van der Waals surface area contributed by atoms with Crippen LogP contribution in [0.4, 0.5) is 0 Å². The van der Waals surface area contributed by atoms with Gasteiger partial charge < -0.3 is 5.32 Å². The zero-order valence-electron chi connectivity index (χ0n) is 18.5. The van der Waals surface area contributed by atoms with Crippen LogP contribution in [0.2, 0.25) is 0 Å². The number of carbonyl (C=O) groups excluding carboxylic acids is 1. The highest BCUT2D eigenvalue weighted by molar-refractivity contribution is 8.00. The molecule has 164 valence electrons. The number of amides is 1. The summed E-state index contributed by atoms with van der Waals surface area (Å²) in [6.45, 7) is 7.23. The molecule has 4 rings (SSSR count). The number of hydrogen-bond donors (Lipinski definition) is 1. The molecule has 0 aliphatic rings. The number of thiazole rings is 1. The second-order valence-electron chi connectivity index (χ2n) is 7.68. The van der Waals surface area contributed by atoms with Gasteiger partial charge in [-0.3, -0.25) is 9.48 Å². The fourth-order valence-electron chi connectivity index (χ4n) is 3.57. The Kier molecular flexibility index (Phi) is 7.07. The number of rotatable bonds is 8. The molecule has 0 fully saturated rings. The van der Waals surface area contributed by atoms with Crippen LogP contribution in [0.25, 0.3) is 0 Å². The molecule has 0 atom stereocenters. The van der Waals surface area contributed by atoms with Gasteiger partial charge in [-0.2, -0.15) is 5.10 Å². The molecule has 0 aliphatic heterocycles. The number of nitrogens with zero attached hydrogens (tertiary/aromatic N) is 3. The van der Waals surface area contributed by atoms with Crippen LogP contribution in [-0.4, -0.2) is 20.7 Å².